The first-order valence-corrected chi connectivity index (χ1v) is 5.28. The van der Waals surface area contributed by atoms with Crippen LogP contribution in [0.25, 0.3) is 0 Å². The van der Waals surface area contributed by atoms with Crippen molar-refractivity contribution < 1.29 is 23.1 Å². The van der Waals surface area contributed by atoms with Gasteiger partial charge in [0.1, 0.15) is 6.61 Å². The van der Waals surface area contributed by atoms with Crippen LogP contribution in [0, 0.1) is 0 Å². The van der Waals surface area contributed by atoms with Crippen LogP contribution in [-0.2, 0) is 14.3 Å². The Hall–Kier alpha value is -1.46. The second kappa shape index (κ2) is 6.98. The van der Waals surface area contributed by atoms with Gasteiger partial charge >= 0.3 is 11.9 Å². The third-order valence-electron chi connectivity index (χ3n) is 1.97. The number of esters is 1. The molecule has 0 radical (unpaired) electrons. The van der Waals surface area contributed by atoms with Gasteiger partial charge in [0, 0.05) is 18.2 Å². The van der Waals surface area contributed by atoms with Crippen molar-refractivity contribution in [3.05, 3.63) is 12.2 Å². The van der Waals surface area contributed by atoms with Gasteiger partial charge < -0.3 is 9.64 Å². The maximum atomic E-state index is 11.7. The van der Waals surface area contributed by atoms with Gasteiger partial charge in [-0.05, 0) is 27.7 Å². The zero-order valence-electron chi connectivity index (χ0n) is 10.4. The van der Waals surface area contributed by atoms with Crippen LogP contribution in [0.2, 0.25) is 0 Å². The Morgan fingerprint density at radius 2 is 1.65 bits per heavy atom. The summed E-state index contributed by atoms with van der Waals surface area (Å²) in [6.07, 6.45) is -1.52. The van der Waals surface area contributed by atoms with Gasteiger partial charge in [-0.2, -0.15) is 8.78 Å². The molecule has 4 nitrogen and oxygen atoms in total. The highest BCUT2D eigenvalue weighted by Gasteiger charge is 2.27. The SMILES string of the molecule is CC(C)N(C(=O)C(=O)OCC=C(F)F)C(C)C. The van der Waals surface area contributed by atoms with Crippen molar-refractivity contribution in [1.82, 2.24) is 4.90 Å². The summed E-state index contributed by atoms with van der Waals surface area (Å²) in [4.78, 5) is 24.3. The molecule has 6 heteroatoms. The lowest BCUT2D eigenvalue weighted by Crippen LogP contribution is -2.46. The van der Waals surface area contributed by atoms with E-state index in [-0.39, 0.29) is 12.1 Å². The van der Waals surface area contributed by atoms with E-state index in [0.717, 1.165) is 0 Å². The molecule has 0 unspecified atom stereocenters. The first-order valence-electron chi connectivity index (χ1n) is 5.28. The molecular formula is C11H17F2NO3. The van der Waals surface area contributed by atoms with E-state index >= 15 is 0 Å². The van der Waals surface area contributed by atoms with Gasteiger partial charge in [-0.3, -0.25) is 4.79 Å². The van der Waals surface area contributed by atoms with Crippen LogP contribution in [0.3, 0.4) is 0 Å². The molecule has 0 aromatic rings. The van der Waals surface area contributed by atoms with Crippen LogP contribution in [0.15, 0.2) is 12.2 Å². The number of hydrogen-bond acceptors (Lipinski definition) is 3. The van der Waals surface area contributed by atoms with Crippen molar-refractivity contribution in [2.24, 2.45) is 0 Å². The predicted octanol–water partition coefficient (Wildman–Crippen LogP) is 1.96. The lowest BCUT2D eigenvalue weighted by atomic mass is 10.2. The van der Waals surface area contributed by atoms with Gasteiger partial charge in [0.05, 0.1) is 0 Å². The van der Waals surface area contributed by atoms with Crippen LogP contribution in [-0.4, -0.2) is 35.5 Å². The molecule has 0 atom stereocenters. The van der Waals surface area contributed by atoms with E-state index in [0.29, 0.717) is 6.08 Å². The van der Waals surface area contributed by atoms with Gasteiger partial charge in [0.25, 0.3) is 6.08 Å². The largest absolute Gasteiger partial charge is 0.454 e. The Labute approximate surface area is 99.2 Å². The highest BCUT2D eigenvalue weighted by atomic mass is 19.3. The molecule has 0 bridgehead atoms. The minimum absolute atomic E-state index is 0.163. The molecule has 0 aromatic heterocycles. The van der Waals surface area contributed by atoms with E-state index in [9.17, 15) is 18.4 Å². The van der Waals surface area contributed by atoms with Crippen molar-refractivity contribution >= 4 is 11.9 Å². The monoisotopic (exact) mass is 249 g/mol. The van der Waals surface area contributed by atoms with Crippen LogP contribution in [0.4, 0.5) is 8.78 Å². The molecule has 0 aliphatic rings. The summed E-state index contributed by atoms with van der Waals surface area (Å²) in [5.41, 5.74) is 0. The van der Waals surface area contributed by atoms with Crippen LogP contribution < -0.4 is 0 Å². The summed E-state index contributed by atoms with van der Waals surface area (Å²) in [5, 5.41) is 0. The maximum absolute atomic E-state index is 11.7. The molecule has 17 heavy (non-hydrogen) atoms. The van der Waals surface area contributed by atoms with Crippen molar-refractivity contribution in [2.75, 3.05) is 6.61 Å². The molecule has 0 aromatic carbocycles. The van der Waals surface area contributed by atoms with Crippen LogP contribution in [0.5, 0.6) is 0 Å². The average molecular weight is 249 g/mol. The molecule has 0 aliphatic carbocycles. The zero-order valence-corrected chi connectivity index (χ0v) is 10.4. The van der Waals surface area contributed by atoms with Crippen molar-refractivity contribution in [3.8, 4) is 0 Å². The third kappa shape index (κ3) is 5.42. The molecule has 0 rings (SSSR count). The van der Waals surface area contributed by atoms with Gasteiger partial charge in [0.15, 0.2) is 0 Å². The van der Waals surface area contributed by atoms with Crippen molar-refractivity contribution in [3.63, 3.8) is 0 Å². The summed E-state index contributed by atoms with van der Waals surface area (Å²) in [6.45, 7) is 6.42. The Bertz CT molecular complexity index is 302. The number of nitrogens with zero attached hydrogens (tertiary/aromatic N) is 1. The number of amides is 1. The Kier molecular flexibility index (Phi) is 6.38. The molecule has 0 aliphatic heterocycles. The van der Waals surface area contributed by atoms with Crippen molar-refractivity contribution in [2.45, 2.75) is 39.8 Å². The summed E-state index contributed by atoms with van der Waals surface area (Å²) in [5.74, 6) is -1.94. The highest BCUT2D eigenvalue weighted by Crippen LogP contribution is 2.06. The van der Waals surface area contributed by atoms with E-state index < -0.39 is 24.6 Å². The summed E-state index contributed by atoms with van der Waals surface area (Å²) in [7, 11) is 0. The fourth-order valence-corrected chi connectivity index (χ4v) is 1.41. The first-order chi connectivity index (χ1) is 7.77. The average Bonchev–Trinajstić information content (AvgIpc) is 2.15. The van der Waals surface area contributed by atoms with Gasteiger partial charge in [0.2, 0.25) is 0 Å². The summed E-state index contributed by atoms with van der Waals surface area (Å²) >= 11 is 0. The number of halogens is 2. The number of carbonyl (C=O) groups excluding carboxylic acids is 2. The minimum Gasteiger partial charge on any atom is -0.454 e. The second-order valence-electron chi connectivity index (χ2n) is 3.99. The predicted molar refractivity (Wildman–Crippen MR) is 58.4 cm³/mol. The number of rotatable bonds is 4. The fraction of sp³-hybridized carbons (Fsp3) is 0.636. The Morgan fingerprint density at radius 1 is 1.18 bits per heavy atom. The van der Waals surface area contributed by atoms with Gasteiger partial charge in [-0.15, -0.1) is 0 Å². The van der Waals surface area contributed by atoms with E-state index in [1.54, 1.807) is 27.7 Å². The van der Waals surface area contributed by atoms with Gasteiger partial charge in [-0.1, -0.05) is 0 Å². The number of hydrogen-bond donors (Lipinski definition) is 0. The highest BCUT2D eigenvalue weighted by molar-refractivity contribution is 6.32. The number of ether oxygens (including phenoxy) is 1. The fourth-order valence-electron chi connectivity index (χ4n) is 1.41. The van der Waals surface area contributed by atoms with Crippen LogP contribution >= 0.6 is 0 Å². The van der Waals surface area contributed by atoms with Gasteiger partial charge in [-0.25, -0.2) is 4.79 Å². The lowest BCUT2D eigenvalue weighted by molar-refractivity contribution is -0.161. The molecule has 0 spiro atoms. The Balaban J connectivity index is 4.47. The molecule has 98 valence electrons. The lowest BCUT2D eigenvalue weighted by Gasteiger charge is -2.29. The Morgan fingerprint density at radius 3 is 2.00 bits per heavy atom. The third-order valence-corrected chi connectivity index (χ3v) is 1.97. The summed E-state index contributed by atoms with van der Waals surface area (Å²) < 4.78 is 27.8. The number of carbonyl (C=O) groups is 2. The van der Waals surface area contributed by atoms with E-state index in [2.05, 4.69) is 4.74 Å². The van der Waals surface area contributed by atoms with E-state index in [1.165, 1.54) is 4.90 Å². The molecule has 0 saturated heterocycles. The van der Waals surface area contributed by atoms with Crippen molar-refractivity contribution in [1.29, 1.82) is 0 Å². The quantitative estimate of drug-likeness (QED) is 0.565. The molecule has 0 N–H and O–H groups in total. The molecule has 0 heterocycles. The maximum Gasteiger partial charge on any atom is 0.397 e. The molecular weight excluding hydrogens is 232 g/mol. The topological polar surface area (TPSA) is 46.6 Å². The smallest absolute Gasteiger partial charge is 0.397 e. The minimum atomic E-state index is -1.95. The van der Waals surface area contributed by atoms with E-state index in [4.69, 9.17) is 0 Å². The van der Waals surface area contributed by atoms with E-state index in [1.807, 2.05) is 0 Å². The zero-order chi connectivity index (χ0) is 13.6. The second-order valence-corrected chi connectivity index (χ2v) is 3.99. The molecule has 1 amide bonds. The first kappa shape index (κ1) is 15.5. The molecule has 0 saturated carbocycles. The summed E-state index contributed by atoms with van der Waals surface area (Å²) in [6, 6.07) is -0.327. The normalized spacial score (nSPS) is 10.4. The van der Waals surface area contributed by atoms with Crippen LogP contribution in [0.1, 0.15) is 27.7 Å². The standard InChI is InChI=1S/C11H17F2NO3/c1-7(2)14(8(3)4)10(15)11(16)17-6-5-9(12)13/h5,7-8H,6H2,1-4H3. The molecule has 0 fully saturated rings.